The number of nitrogens with zero attached hydrogens (tertiary/aromatic N) is 2. The molecule has 0 saturated carbocycles. The molecule has 0 bridgehead atoms. The van der Waals surface area contributed by atoms with E-state index in [0.717, 1.165) is 10.4 Å². The van der Waals surface area contributed by atoms with E-state index in [9.17, 15) is 4.79 Å². The number of oxazole rings is 1. The molecule has 0 amide bonds. The number of hydrogen-bond donors (Lipinski definition) is 1. The summed E-state index contributed by atoms with van der Waals surface area (Å²) in [6.45, 7) is 0. The maximum absolute atomic E-state index is 11.4. The van der Waals surface area contributed by atoms with Gasteiger partial charge in [-0.2, -0.15) is 0 Å². The van der Waals surface area contributed by atoms with Gasteiger partial charge < -0.3 is 14.9 Å². The number of aromatic nitrogens is 2. The Morgan fingerprint density at radius 1 is 1.33 bits per heavy atom. The predicted molar refractivity (Wildman–Crippen MR) is 78.1 cm³/mol. The molecule has 0 aliphatic heterocycles. The second-order valence-corrected chi connectivity index (χ2v) is 5.20. The fraction of sp³-hybridized carbons (Fsp3) is 0.0714. The molecule has 3 rings (SSSR count). The zero-order valence-electron chi connectivity index (χ0n) is 11.1. The molecule has 2 aromatic heterocycles. The first-order chi connectivity index (χ1) is 10.2. The van der Waals surface area contributed by atoms with Gasteiger partial charge in [0, 0.05) is 22.8 Å². The van der Waals surface area contributed by atoms with E-state index >= 15 is 0 Å². The van der Waals surface area contributed by atoms with Crippen LogP contribution in [-0.2, 0) is 4.74 Å². The Morgan fingerprint density at radius 2 is 2.19 bits per heavy atom. The van der Waals surface area contributed by atoms with Gasteiger partial charge in [-0.05, 0) is 36.0 Å². The molecule has 0 fully saturated rings. The fourth-order valence-corrected chi connectivity index (χ4v) is 2.53. The van der Waals surface area contributed by atoms with E-state index in [1.165, 1.54) is 25.1 Å². The first kappa shape index (κ1) is 13.4. The van der Waals surface area contributed by atoms with Crippen LogP contribution < -0.4 is 5.73 Å². The molecule has 0 radical (unpaired) electrons. The highest BCUT2D eigenvalue weighted by Crippen LogP contribution is 2.30. The molecule has 1 aromatic carbocycles. The van der Waals surface area contributed by atoms with Crippen LogP contribution in [0.15, 0.2) is 51.1 Å². The highest BCUT2D eigenvalue weighted by Gasteiger charge is 2.11. The number of benzene rings is 1. The largest absolute Gasteiger partial charge is 0.464 e. The van der Waals surface area contributed by atoms with Crippen LogP contribution in [0.25, 0.3) is 11.1 Å². The molecule has 0 aliphatic carbocycles. The van der Waals surface area contributed by atoms with Crippen LogP contribution in [0.2, 0.25) is 0 Å². The maximum atomic E-state index is 11.4. The van der Waals surface area contributed by atoms with Gasteiger partial charge in [0.15, 0.2) is 5.58 Å². The average Bonchev–Trinajstić information content (AvgIpc) is 2.88. The van der Waals surface area contributed by atoms with Crippen LogP contribution in [0.3, 0.4) is 0 Å². The number of rotatable bonds is 3. The van der Waals surface area contributed by atoms with Crippen molar-refractivity contribution in [1.29, 1.82) is 0 Å². The van der Waals surface area contributed by atoms with Crippen LogP contribution in [-0.4, -0.2) is 23.0 Å². The summed E-state index contributed by atoms with van der Waals surface area (Å²) in [5.74, 6) is -0.484. The highest BCUT2D eigenvalue weighted by atomic mass is 32.2. The Balaban J connectivity index is 1.89. The van der Waals surface area contributed by atoms with E-state index in [0.29, 0.717) is 16.5 Å². The summed E-state index contributed by atoms with van der Waals surface area (Å²) in [4.78, 5) is 20.5. The molecule has 0 unspecified atom stereocenters. The zero-order valence-corrected chi connectivity index (χ0v) is 11.9. The second-order valence-electron chi connectivity index (χ2n) is 4.18. The summed E-state index contributed by atoms with van der Waals surface area (Å²) in [6, 6.07) is 8.67. The Hall–Kier alpha value is -2.54. The number of methoxy groups -OCH3 is 1. The van der Waals surface area contributed by atoms with Crippen molar-refractivity contribution in [2.24, 2.45) is 0 Å². The first-order valence-electron chi connectivity index (χ1n) is 6.04. The lowest BCUT2D eigenvalue weighted by molar-refractivity contribution is 0.0593. The average molecular weight is 301 g/mol. The molecule has 21 heavy (non-hydrogen) atoms. The molecule has 0 saturated heterocycles. The number of esters is 1. The van der Waals surface area contributed by atoms with E-state index in [1.54, 1.807) is 30.3 Å². The van der Waals surface area contributed by atoms with Crippen molar-refractivity contribution in [1.82, 2.24) is 9.97 Å². The maximum Gasteiger partial charge on any atom is 0.356 e. The summed E-state index contributed by atoms with van der Waals surface area (Å²) in [5, 5.41) is 0.470. The number of carbonyl (C=O) groups is 1. The van der Waals surface area contributed by atoms with Gasteiger partial charge in [0.25, 0.3) is 5.22 Å². The van der Waals surface area contributed by atoms with Gasteiger partial charge in [0.1, 0.15) is 11.2 Å². The van der Waals surface area contributed by atoms with Crippen molar-refractivity contribution in [2.45, 2.75) is 10.1 Å². The number of nitrogens with two attached hydrogens (primary N) is 1. The van der Waals surface area contributed by atoms with Gasteiger partial charge in [-0.1, -0.05) is 0 Å². The number of ether oxygens (including phenoxy) is 1. The summed E-state index contributed by atoms with van der Waals surface area (Å²) in [7, 11) is 1.31. The van der Waals surface area contributed by atoms with Crippen molar-refractivity contribution in [2.75, 3.05) is 12.8 Å². The lowest BCUT2D eigenvalue weighted by Gasteiger charge is -2.00. The summed E-state index contributed by atoms with van der Waals surface area (Å²) in [5.41, 5.74) is 7.91. The summed E-state index contributed by atoms with van der Waals surface area (Å²) < 4.78 is 10.3. The predicted octanol–water partition coefficient (Wildman–Crippen LogP) is 2.74. The van der Waals surface area contributed by atoms with Crippen LogP contribution in [0.5, 0.6) is 0 Å². The Kier molecular flexibility index (Phi) is 3.49. The molecule has 3 aromatic rings. The van der Waals surface area contributed by atoms with Gasteiger partial charge >= 0.3 is 5.97 Å². The minimum Gasteiger partial charge on any atom is -0.464 e. The molecule has 6 nitrogen and oxygen atoms in total. The highest BCUT2D eigenvalue weighted by molar-refractivity contribution is 7.99. The SMILES string of the molecule is COC(=O)c1cc(Sc2nc3ccc(N)cc3o2)ccn1. The van der Waals surface area contributed by atoms with Crippen molar-refractivity contribution in [3.63, 3.8) is 0 Å². The van der Waals surface area contributed by atoms with Crippen LogP contribution in [0.4, 0.5) is 5.69 Å². The number of fused-ring (bicyclic) bond motifs is 1. The third kappa shape index (κ3) is 2.82. The van der Waals surface area contributed by atoms with Crippen LogP contribution in [0.1, 0.15) is 10.5 Å². The third-order valence-corrected chi connectivity index (χ3v) is 3.56. The second kappa shape index (κ2) is 5.45. The number of carbonyl (C=O) groups excluding carboxylic acids is 1. The molecular weight excluding hydrogens is 290 g/mol. The Morgan fingerprint density at radius 3 is 3.00 bits per heavy atom. The molecule has 106 valence electrons. The van der Waals surface area contributed by atoms with E-state index in [4.69, 9.17) is 10.2 Å². The van der Waals surface area contributed by atoms with Gasteiger partial charge in [-0.3, -0.25) is 0 Å². The minimum absolute atomic E-state index is 0.239. The molecule has 0 atom stereocenters. The standard InChI is InChI=1S/C14H11N3O3S/c1-19-13(18)11-7-9(4-5-16-11)21-14-17-10-3-2-8(15)6-12(10)20-14/h2-7H,15H2,1H3. The smallest absolute Gasteiger partial charge is 0.356 e. The zero-order chi connectivity index (χ0) is 14.8. The normalized spacial score (nSPS) is 10.7. The lowest BCUT2D eigenvalue weighted by Crippen LogP contribution is -2.03. The van der Waals surface area contributed by atoms with Gasteiger partial charge in [0.2, 0.25) is 0 Å². The monoisotopic (exact) mass is 301 g/mol. The molecule has 0 spiro atoms. The quantitative estimate of drug-likeness (QED) is 0.587. The van der Waals surface area contributed by atoms with E-state index < -0.39 is 5.97 Å². The van der Waals surface area contributed by atoms with Crippen molar-refractivity contribution in [3.05, 3.63) is 42.2 Å². The topological polar surface area (TPSA) is 91.2 Å². The van der Waals surface area contributed by atoms with E-state index in [2.05, 4.69) is 14.7 Å². The molecule has 0 aliphatic rings. The molecule has 2 N–H and O–H groups in total. The van der Waals surface area contributed by atoms with Crippen molar-refractivity contribution < 1.29 is 13.9 Å². The molecular formula is C14H11N3O3S. The number of anilines is 1. The summed E-state index contributed by atoms with van der Waals surface area (Å²) >= 11 is 1.29. The van der Waals surface area contributed by atoms with Gasteiger partial charge in [-0.25, -0.2) is 14.8 Å². The van der Waals surface area contributed by atoms with Crippen LogP contribution >= 0.6 is 11.8 Å². The fourth-order valence-electron chi connectivity index (χ4n) is 1.76. The third-order valence-electron chi connectivity index (χ3n) is 2.72. The van der Waals surface area contributed by atoms with Gasteiger partial charge in [0.05, 0.1) is 7.11 Å². The van der Waals surface area contributed by atoms with Gasteiger partial charge in [-0.15, -0.1) is 0 Å². The van der Waals surface area contributed by atoms with Crippen LogP contribution in [0, 0.1) is 0 Å². The number of pyridine rings is 1. The van der Waals surface area contributed by atoms with Crippen molar-refractivity contribution in [3.8, 4) is 0 Å². The van der Waals surface area contributed by atoms with E-state index in [-0.39, 0.29) is 5.69 Å². The summed E-state index contributed by atoms with van der Waals surface area (Å²) in [6.07, 6.45) is 1.54. The molecule has 2 heterocycles. The molecule has 7 heteroatoms. The number of nitrogen functional groups attached to an aromatic ring is 1. The first-order valence-corrected chi connectivity index (χ1v) is 6.85. The Bertz CT molecular complexity index is 816. The number of hydrogen-bond acceptors (Lipinski definition) is 7. The van der Waals surface area contributed by atoms with E-state index in [1.807, 2.05) is 0 Å². The minimum atomic E-state index is -0.484. The Labute approximate surface area is 124 Å². The van der Waals surface area contributed by atoms with Crippen molar-refractivity contribution >= 4 is 34.5 Å². The lowest BCUT2D eigenvalue weighted by atomic mass is 10.3.